The molecule has 0 bridgehead atoms. The van der Waals surface area contributed by atoms with Crippen LogP contribution in [0.15, 0.2) is 0 Å². The molecule has 4 rings (SSSR count). The lowest BCUT2D eigenvalue weighted by Crippen LogP contribution is -2.40. The fraction of sp³-hybridized carbons (Fsp3) is 0.792. The van der Waals surface area contributed by atoms with Gasteiger partial charge in [-0.2, -0.15) is 5.10 Å². The number of carbonyl (C=O) groups excluding carboxylic acids is 1. The van der Waals surface area contributed by atoms with Gasteiger partial charge in [0.25, 0.3) is 5.91 Å². The molecule has 2 fully saturated rings. The van der Waals surface area contributed by atoms with Gasteiger partial charge in [-0.25, -0.2) is 0 Å². The number of nitrogens with one attached hydrogen (secondary N) is 1. The first-order chi connectivity index (χ1) is 15.2. The normalized spacial score (nSPS) is 25.8. The molecule has 1 spiro atoms. The standard InChI is InChI=1S/C24H37N3O5/c1-4-27-20-18(13-24(15-25-21(20)28)6-9-31-10-7-24)19(26-27)14-23(2,3)12-17-11-16(22(29)30)5-8-32-17/h16-17H,4-15H2,1-3H3,(H,25,28)(H,29,30). The SMILES string of the molecule is CCn1nc(CC(C)(C)CC2CC(C(=O)O)CCO2)c2c1C(=O)NCC1(CCOCC1)C2. The van der Waals surface area contributed by atoms with Gasteiger partial charge in [0.1, 0.15) is 5.69 Å². The number of aryl methyl sites for hydroxylation is 1. The van der Waals surface area contributed by atoms with Crippen LogP contribution < -0.4 is 5.32 Å². The fourth-order valence-corrected chi connectivity index (χ4v) is 5.69. The van der Waals surface area contributed by atoms with E-state index in [9.17, 15) is 14.7 Å². The van der Waals surface area contributed by atoms with E-state index in [1.165, 1.54) is 0 Å². The number of hydrogen-bond donors (Lipinski definition) is 2. The molecular formula is C24H37N3O5. The van der Waals surface area contributed by atoms with E-state index in [1.807, 2.05) is 11.6 Å². The Bertz CT molecular complexity index is 856. The van der Waals surface area contributed by atoms with Crippen LogP contribution in [-0.2, 0) is 33.7 Å². The smallest absolute Gasteiger partial charge is 0.306 e. The molecule has 4 heterocycles. The van der Waals surface area contributed by atoms with Crippen molar-refractivity contribution < 1.29 is 24.2 Å². The van der Waals surface area contributed by atoms with Crippen molar-refractivity contribution in [2.24, 2.45) is 16.7 Å². The van der Waals surface area contributed by atoms with Crippen molar-refractivity contribution in [3.63, 3.8) is 0 Å². The number of ether oxygens (including phenoxy) is 2. The average molecular weight is 448 g/mol. The summed E-state index contributed by atoms with van der Waals surface area (Å²) in [5.41, 5.74) is 2.70. The van der Waals surface area contributed by atoms with Crippen molar-refractivity contribution in [1.29, 1.82) is 0 Å². The van der Waals surface area contributed by atoms with Crippen LogP contribution in [0, 0.1) is 16.7 Å². The molecule has 1 aromatic heterocycles. The third-order valence-corrected chi connectivity index (χ3v) is 7.52. The first-order valence-corrected chi connectivity index (χ1v) is 12.0. The van der Waals surface area contributed by atoms with Crippen LogP contribution in [0.4, 0.5) is 0 Å². The predicted molar refractivity (Wildman–Crippen MR) is 119 cm³/mol. The quantitative estimate of drug-likeness (QED) is 0.695. The number of rotatable bonds is 6. The lowest BCUT2D eigenvalue weighted by atomic mass is 9.74. The molecule has 1 amide bonds. The second kappa shape index (κ2) is 9.14. The summed E-state index contributed by atoms with van der Waals surface area (Å²) < 4.78 is 13.4. The molecule has 2 saturated heterocycles. The van der Waals surface area contributed by atoms with Crippen molar-refractivity contribution in [3.05, 3.63) is 17.0 Å². The Morgan fingerprint density at radius 3 is 2.75 bits per heavy atom. The molecule has 32 heavy (non-hydrogen) atoms. The van der Waals surface area contributed by atoms with Gasteiger partial charge in [-0.1, -0.05) is 13.8 Å². The summed E-state index contributed by atoms with van der Waals surface area (Å²) >= 11 is 0. The molecule has 0 radical (unpaired) electrons. The molecule has 3 aliphatic heterocycles. The minimum absolute atomic E-state index is 0.0262. The lowest BCUT2D eigenvalue weighted by molar-refractivity contribution is -0.147. The van der Waals surface area contributed by atoms with E-state index in [-0.39, 0.29) is 28.8 Å². The maximum Gasteiger partial charge on any atom is 0.306 e. The number of carboxylic acid groups (broad SMARTS) is 1. The van der Waals surface area contributed by atoms with Gasteiger partial charge in [0.05, 0.1) is 17.7 Å². The molecule has 0 aliphatic carbocycles. The number of carboxylic acids is 1. The minimum Gasteiger partial charge on any atom is -0.481 e. The molecule has 2 atom stereocenters. The number of aliphatic carboxylic acids is 1. The first-order valence-electron chi connectivity index (χ1n) is 12.0. The summed E-state index contributed by atoms with van der Waals surface area (Å²) in [7, 11) is 0. The van der Waals surface area contributed by atoms with Crippen LogP contribution in [0.25, 0.3) is 0 Å². The van der Waals surface area contributed by atoms with E-state index >= 15 is 0 Å². The van der Waals surface area contributed by atoms with Gasteiger partial charge in [-0.3, -0.25) is 14.3 Å². The summed E-state index contributed by atoms with van der Waals surface area (Å²) in [5, 5.41) is 17.5. The summed E-state index contributed by atoms with van der Waals surface area (Å²) in [5.74, 6) is -1.07. The zero-order valence-corrected chi connectivity index (χ0v) is 19.6. The van der Waals surface area contributed by atoms with Gasteiger partial charge in [0, 0.05) is 38.5 Å². The van der Waals surface area contributed by atoms with Crippen LogP contribution in [0.1, 0.15) is 74.6 Å². The fourth-order valence-electron chi connectivity index (χ4n) is 5.69. The summed E-state index contributed by atoms with van der Waals surface area (Å²) in [6, 6.07) is 0. The van der Waals surface area contributed by atoms with Crippen LogP contribution >= 0.6 is 0 Å². The second-order valence-electron chi connectivity index (χ2n) is 10.7. The monoisotopic (exact) mass is 447 g/mol. The van der Waals surface area contributed by atoms with E-state index in [4.69, 9.17) is 14.6 Å². The number of aromatic nitrogens is 2. The van der Waals surface area contributed by atoms with Gasteiger partial charge < -0.3 is 19.9 Å². The number of hydrogen-bond acceptors (Lipinski definition) is 5. The van der Waals surface area contributed by atoms with Gasteiger partial charge in [-0.15, -0.1) is 0 Å². The third kappa shape index (κ3) is 4.86. The summed E-state index contributed by atoms with van der Waals surface area (Å²) in [6.45, 7) is 9.71. The molecular weight excluding hydrogens is 410 g/mol. The Kier molecular flexibility index (Phi) is 6.63. The zero-order chi connectivity index (χ0) is 22.9. The lowest BCUT2D eigenvalue weighted by Gasteiger charge is -2.36. The minimum atomic E-state index is -0.726. The molecule has 3 aliphatic rings. The predicted octanol–water partition coefficient (Wildman–Crippen LogP) is 2.82. The molecule has 2 N–H and O–H groups in total. The Labute approximate surface area is 190 Å². The van der Waals surface area contributed by atoms with Crippen molar-refractivity contribution in [2.75, 3.05) is 26.4 Å². The highest BCUT2D eigenvalue weighted by atomic mass is 16.5. The number of nitrogens with zero attached hydrogens (tertiary/aromatic N) is 2. The molecule has 0 saturated carbocycles. The maximum absolute atomic E-state index is 13.0. The van der Waals surface area contributed by atoms with Crippen LogP contribution in [0.3, 0.4) is 0 Å². The third-order valence-electron chi connectivity index (χ3n) is 7.52. The van der Waals surface area contributed by atoms with Gasteiger partial charge >= 0.3 is 5.97 Å². The van der Waals surface area contributed by atoms with Crippen molar-refractivity contribution in [3.8, 4) is 0 Å². The first kappa shape index (κ1) is 23.2. The molecule has 8 nitrogen and oxygen atoms in total. The van der Waals surface area contributed by atoms with E-state index in [2.05, 4.69) is 19.2 Å². The van der Waals surface area contributed by atoms with Gasteiger partial charge in [-0.05, 0) is 62.7 Å². The highest BCUT2D eigenvalue weighted by Crippen LogP contribution is 2.40. The average Bonchev–Trinajstić information content (AvgIpc) is 3.01. The van der Waals surface area contributed by atoms with Gasteiger partial charge in [0.15, 0.2) is 0 Å². The largest absolute Gasteiger partial charge is 0.481 e. The van der Waals surface area contributed by atoms with E-state index in [0.29, 0.717) is 38.2 Å². The van der Waals surface area contributed by atoms with E-state index < -0.39 is 5.97 Å². The maximum atomic E-state index is 13.0. The molecule has 2 unspecified atom stereocenters. The topological polar surface area (TPSA) is 103 Å². The summed E-state index contributed by atoms with van der Waals surface area (Å²) in [6.07, 6.45) is 5.33. The molecule has 8 heteroatoms. The Morgan fingerprint density at radius 2 is 2.06 bits per heavy atom. The Balaban J connectivity index is 1.57. The number of amides is 1. The van der Waals surface area contributed by atoms with Crippen LogP contribution in [-0.4, -0.2) is 59.2 Å². The van der Waals surface area contributed by atoms with Crippen LogP contribution in [0.2, 0.25) is 0 Å². The van der Waals surface area contributed by atoms with E-state index in [0.717, 1.165) is 56.6 Å². The highest BCUT2D eigenvalue weighted by Gasteiger charge is 2.41. The van der Waals surface area contributed by atoms with Crippen molar-refractivity contribution in [1.82, 2.24) is 15.1 Å². The highest BCUT2D eigenvalue weighted by molar-refractivity contribution is 5.94. The van der Waals surface area contributed by atoms with E-state index in [1.54, 1.807) is 0 Å². The second-order valence-corrected chi connectivity index (χ2v) is 10.7. The molecule has 0 aromatic carbocycles. The molecule has 178 valence electrons. The Hall–Kier alpha value is -1.93. The van der Waals surface area contributed by atoms with Crippen molar-refractivity contribution in [2.45, 2.75) is 78.4 Å². The number of carbonyl (C=O) groups is 2. The Morgan fingerprint density at radius 1 is 1.31 bits per heavy atom. The van der Waals surface area contributed by atoms with Crippen molar-refractivity contribution >= 4 is 11.9 Å². The summed E-state index contributed by atoms with van der Waals surface area (Å²) in [4.78, 5) is 24.5. The number of fused-ring (bicyclic) bond motifs is 1. The van der Waals surface area contributed by atoms with Crippen LogP contribution in [0.5, 0.6) is 0 Å². The van der Waals surface area contributed by atoms with Gasteiger partial charge in [0.2, 0.25) is 0 Å². The zero-order valence-electron chi connectivity index (χ0n) is 19.6. The molecule has 1 aromatic rings.